The fraction of sp³-hybridized carbons (Fsp3) is 0.300. The van der Waals surface area contributed by atoms with Crippen molar-refractivity contribution in [3.63, 3.8) is 0 Å². The maximum absolute atomic E-state index is 4.35. The van der Waals surface area contributed by atoms with Crippen molar-refractivity contribution in [2.45, 2.75) is 0 Å². The lowest BCUT2D eigenvalue weighted by atomic mass is 10.2. The molecule has 0 radical (unpaired) electrons. The summed E-state index contributed by atoms with van der Waals surface area (Å²) < 4.78 is 0. The zero-order chi connectivity index (χ0) is 18.2. The number of benzene rings is 2. The zero-order valence-electron chi connectivity index (χ0n) is 16.2. The van der Waals surface area contributed by atoms with Gasteiger partial charge in [-0.15, -0.1) is 24.8 Å². The predicted octanol–water partition coefficient (Wildman–Crippen LogP) is 3.00. The average molecular weight is 423 g/mol. The highest BCUT2D eigenvalue weighted by atomic mass is 35.5. The highest BCUT2D eigenvalue weighted by Gasteiger charge is 2.07. The molecular weight excluding hydrogens is 395 g/mol. The number of anilines is 2. The van der Waals surface area contributed by atoms with Crippen molar-refractivity contribution in [2.24, 2.45) is 9.98 Å². The number of amidine groups is 2. The van der Waals surface area contributed by atoms with E-state index in [4.69, 9.17) is 0 Å². The molecule has 152 valence electrons. The first-order valence-electron chi connectivity index (χ1n) is 8.93. The van der Waals surface area contributed by atoms with E-state index >= 15 is 0 Å². The lowest BCUT2D eigenvalue weighted by Gasteiger charge is -2.03. The minimum absolute atomic E-state index is 0. The highest BCUT2D eigenvalue weighted by molar-refractivity contribution is 6.00. The number of halogens is 2. The standard InChI is InChI=1S/2C10H13N3.2ClH/c2*1-11-9-4-2-8(3-5-9)10-12-6-7-13-10;;/h2*2-5,11H,6-7H2,1H3,(H,12,13);2*1H. The van der Waals surface area contributed by atoms with Gasteiger partial charge in [0.25, 0.3) is 0 Å². The minimum atomic E-state index is 0. The highest BCUT2D eigenvalue weighted by Crippen LogP contribution is 2.10. The number of aliphatic imine (C=N–C) groups is 2. The first kappa shape index (κ1) is 23.6. The van der Waals surface area contributed by atoms with Gasteiger partial charge < -0.3 is 21.3 Å². The van der Waals surface area contributed by atoms with Crippen LogP contribution in [0, 0.1) is 0 Å². The van der Waals surface area contributed by atoms with Gasteiger partial charge in [0.15, 0.2) is 0 Å². The first-order valence-corrected chi connectivity index (χ1v) is 8.93. The molecule has 2 aliphatic heterocycles. The van der Waals surface area contributed by atoms with E-state index in [-0.39, 0.29) is 24.8 Å². The van der Waals surface area contributed by atoms with Crippen molar-refractivity contribution in [3.8, 4) is 0 Å². The van der Waals surface area contributed by atoms with Crippen LogP contribution < -0.4 is 21.3 Å². The summed E-state index contributed by atoms with van der Waals surface area (Å²) in [4.78, 5) is 8.69. The second-order valence-corrected chi connectivity index (χ2v) is 5.97. The molecule has 6 nitrogen and oxygen atoms in total. The summed E-state index contributed by atoms with van der Waals surface area (Å²) in [7, 11) is 3.83. The van der Waals surface area contributed by atoms with E-state index in [0.29, 0.717) is 0 Å². The molecule has 2 aromatic rings. The van der Waals surface area contributed by atoms with Gasteiger partial charge in [-0.1, -0.05) is 0 Å². The van der Waals surface area contributed by atoms with E-state index < -0.39 is 0 Å². The molecule has 0 aliphatic carbocycles. The molecule has 4 rings (SSSR count). The van der Waals surface area contributed by atoms with E-state index in [2.05, 4.69) is 79.8 Å². The molecule has 4 N–H and O–H groups in total. The number of rotatable bonds is 4. The average Bonchev–Trinajstić information content (AvgIpc) is 3.43. The van der Waals surface area contributed by atoms with Crippen molar-refractivity contribution in [1.29, 1.82) is 0 Å². The summed E-state index contributed by atoms with van der Waals surface area (Å²) in [6.07, 6.45) is 0. The van der Waals surface area contributed by atoms with Crippen LogP contribution in [0.1, 0.15) is 11.1 Å². The van der Waals surface area contributed by atoms with E-state index in [1.54, 1.807) is 0 Å². The van der Waals surface area contributed by atoms with Crippen LogP contribution in [0.15, 0.2) is 58.5 Å². The van der Waals surface area contributed by atoms with Gasteiger partial charge in [-0.3, -0.25) is 9.98 Å². The molecule has 2 heterocycles. The van der Waals surface area contributed by atoms with Gasteiger partial charge in [-0.05, 0) is 48.5 Å². The first-order chi connectivity index (χ1) is 12.8. The number of hydrogen-bond acceptors (Lipinski definition) is 6. The SMILES string of the molecule is CNc1ccc(C2=NCCN2)cc1.CNc1ccc(C2=NCCN2)cc1.Cl.Cl. The molecule has 0 bridgehead atoms. The van der Waals surface area contributed by atoms with Crippen LogP contribution in [0.25, 0.3) is 0 Å². The van der Waals surface area contributed by atoms with Crippen molar-refractivity contribution in [3.05, 3.63) is 59.7 Å². The van der Waals surface area contributed by atoms with Crippen molar-refractivity contribution < 1.29 is 0 Å². The Morgan fingerprint density at radius 1 is 0.643 bits per heavy atom. The lowest BCUT2D eigenvalue weighted by Crippen LogP contribution is -2.19. The topological polar surface area (TPSA) is 72.8 Å². The molecule has 0 saturated heterocycles. The van der Waals surface area contributed by atoms with E-state index in [1.165, 1.54) is 0 Å². The second-order valence-electron chi connectivity index (χ2n) is 5.97. The third-order valence-electron chi connectivity index (χ3n) is 4.24. The van der Waals surface area contributed by atoms with Crippen LogP contribution in [0.5, 0.6) is 0 Å². The maximum Gasteiger partial charge on any atom is 0.128 e. The molecule has 0 spiro atoms. The van der Waals surface area contributed by atoms with Crippen molar-refractivity contribution in [1.82, 2.24) is 10.6 Å². The summed E-state index contributed by atoms with van der Waals surface area (Å²) in [6, 6.07) is 16.5. The smallest absolute Gasteiger partial charge is 0.128 e. The summed E-state index contributed by atoms with van der Waals surface area (Å²) in [5.41, 5.74) is 4.58. The molecule has 0 amide bonds. The van der Waals surface area contributed by atoms with Gasteiger partial charge in [-0.25, -0.2) is 0 Å². The Hall–Kier alpha value is -2.44. The van der Waals surface area contributed by atoms with Crippen molar-refractivity contribution in [2.75, 3.05) is 50.9 Å². The fourth-order valence-corrected chi connectivity index (χ4v) is 2.77. The van der Waals surface area contributed by atoms with Crippen LogP contribution in [-0.4, -0.2) is 51.9 Å². The minimum Gasteiger partial charge on any atom is -0.388 e. The Morgan fingerprint density at radius 3 is 1.25 bits per heavy atom. The molecule has 0 fully saturated rings. The van der Waals surface area contributed by atoms with Gasteiger partial charge in [-0.2, -0.15) is 0 Å². The van der Waals surface area contributed by atoms with Gasteiger partial charge in [0, 0.05) is 49.7 Å². The second kappa shape index (κ2) is 12.1. The predicted molar refractivity (Wildman–Crippen MR) is 125 cm³/mol. The molecule has 2 aliphatic rings. The van der Waals surface area contributed by atoms with Crippen LogP contribution in [-0.2, 0) is 0 Å². The number of nitrogens with zero attached hydrogens (tertiary/aromatic N) is 2. The van der Waals surface area contributed by atoms with Crippen LogP contribution in [0.3, 0.4) is 0 Å². The Kier molecular flexibility index (Phi) is 10.2. The summed E-state index contributed by atoms with van der Waals surface area (Å²) in [5, 5.41) is 12.6. The molecule has 0 atom stereocenters. The Labute approximate surface area is 179 Å². The number of nitrogens with one attached hydrogen (secondary N) is 4. The molecular formula is C20H28Cl2N6. The van der Waals surface area contributed by atoms with Crippen LogP contribution in [0.2, 0.25) is 0 Å². The zero-order valence-corrected chi connectivity index (χ0v) is 17.8. The van der Waals surface area contributed by atoms with Crippen LogP contribution in [0.4, 0.5) is 11.4 Å². The van der Waals surface area contributed by atoms with Gasteiger partial charge in [0.05, 0.1) is 13.1 Å². The Bertz CT molecular complexity index is 705. The summed E-state index contributed by atoms with van der Waals surface area (Å²) in [5.74, 6) is 2.03. The molecule has 0 aromatic heterocycles. The summed E-state index contributed by atoms with van der Waals surface area (Å²) >= 11 is 0. The Morgan fingerprint density at radius 2 is 1.00 bits per heavy atom. The normalized spacial score (nSPS) is 13.9. The van der Waals surface area contributed by atoms with Gasteiger partial charge >= 0.3 is 0 Å². The lowest BCUT2D eigenvalue weighted by molar-refractivity contribution is 0.960. The maximum atomic E-state index is 4.35. The monoisotopic (exact) mass is 422 g/mol. The van der Waals surface area contributed by atoms with Gasteiger partial charge in [0.2, 0.25) is 0 Å². The summed E-state index contributed by atoms with van der Waals surface area (Å²) in [6.45, 7) is 3.71. The molecule has 0 unspecified atom stereocenters. The van der Waals surface area contributed by atoms with Crippen LogP contribution >= 0.6 is 24.8 Å². The van der Waals surface area contributed by atoms with E-state index in [1.807, 2.05) is 14.1 Å². The largest absolute Gasteiger partial charge is 0.388 e. The molecule has 2 aromatic carbocycles. The third-order valence-corrected chi connectivity index (χ3v) is 4.24. The number of hydrogen-bond donors (Lipinski definition) is 4. The van der Waals surface area contributed by atoms with E-state index in [9.17, 15) is 0 Å². The molecule has 8 heteroatoms. The quantitative estimate of drug-likeness (QED) is 0.610. The Balaban J connectivity index is 0.000000261. The molecule has 28 heavy (non-hydrogen) atoms. The van der Waals surface area contributed by atoms with Crippen molar-refractivity contribution >= 4 is 47.9 Å². The van der Waals surface area contributed by atoms with E-state index in [0.717, 1.165) is 60.4 Å². The molecule has 0 saturated carbocycles. The van der Waals surface area contributed by atoms with Gasteiger partial charge in [0.1, 0.15) is 11.7 Å². The fourth-order valence-electron chi connectivity index (χ4n) is 2.77. The third kappa shape index (κ3) is 6.32.